The van der Waals surface area contributed by atoms with Gasteiger partial charge < -0.3 is 4.74 Å². The Morgan fingerprint density at radius 1 is 1.11 bits per heavy atom. The van der Waals surface area contributed by atoms with Crippen molar-refractivity contribution in [3.05, 3.63) is 54.1 Å². The molecule has 0 amide bonds. The molecule has 0 saturated heterocycles. The molecule has 0 spiro atoms. The van der Waals surface area contributed by atoms with Gasteiger partial charge in [0.25, 0.3) is 0 Å². The Bertz CT molecular complexity index is 547. The van der Waals surface area contributed by atoms with Crippen molar-refractivity contribution in [1.82, 2.24) is 0 Å². The standard InChI is InChI=1S/C15H15O2P/c1-2-17-15(16)12-9-7-11(8-10-12)13-5-3-4-6-14(13)18/h3-10H,2,18H2,1H3. The molecule has 2 rings (SSSR count). The lowest BCUT2D eigenvalue weighted by Gasteiger charge is -2.06. The van der Waals surface area contributed by atoms with Crippen LogP contribution in [0.25, 0.3) is 11.1 Å². The van der Waals surface area contributed by atoms with Crippen LogP contribution in [0.5, 0.6) is 0 Å². The smallest absolute Gasteiger partial charge is 0.338 e. The SMILES string of the molecule is CCOC(=O)c1ccc(-c2ccccc2P)cc1. The molecule has 0 radical (unpaired) electrons. The molecule has 0 aliphatic carbocycles. The zero-order valence-electron chi connectivity index (χ0n) is 10.2. The van der Waals surface area contributed by atoms with Crippen molar-refractivity contribution in [3.63, 3.8) is 0 Å². The third-order valence-corrected chi connectivity index (χ3v) is 3.17. The number of carbonyl (C=O) groups is 1. The van der Waals surface area contributed by atoms with Crippen molar-refractivity contribution in [2.24, 2.45) is 0 Å². The van der Waals surface area contributed by atoms with Crippen LogP contribution in [0.3, 0.4) is 0 Å². The van der Waals surface area contributed by atoms with E-state index >= 15 is 0 Å². The number of carbonyl (C=O) groups excluding carboxylic acids is 1. The van der Waals surface area contributed by atoms with E-state index in [4.69, 9.17) is 4.74 Å². The van der Waals surface area contributed by atoms with Gasteiger partial charge in [0.1, 0.15) is 0 Å². The molecule has 0 aliphatic rings. The number of hydrogen-bond acceptors (Lipinski definition) is 2. The monoisotopic (exact) mass is 258 g/mol. The van der Waals surface area contributed by atoms with Crippen LogP contribution in [0.15, 0.2) is 48.5 Å². The molecule has 2 aromatic carbocycles. The third kappa shape index (κ3) is 2.77. The zero-order valence-corrected chi connectivity index (χ0v) is 11.4. The van der Waals surface area contributed by atoms with E-state index in [0.29, 0.717) is 12.2 Å². The Morgan fingerprint density at radius 3 is 2.39 bits per heavy atom. The fraction of sp³-hybridized carbons (Fsp3) is 0.133. The molecule has 0 heterocycles. The summed E-state index contributed by atoms with van der Waals surface area (Å²) < 4.78 is 4.95. The van der Waals surface area contributed by atoms with E-state index in [2.05, 4.69) is 15.3 Å². The van der Waals surface area contributed by atoms with Gasteiger partial charge in [-0.2, -0.15) is 0 Å². The number of ether oxygens (including phenoxy) is 1. The molecular formula is C15H15O2P. The summed E-state index contributed by atoms with van der Waals surface area (Å²) in [4.78, 5) is 11.5. The van der Waals surface area contributed by atoms with Crippen LogP contribution in [-0.2, 0) is 4.74 Å². The van der Waals surface area contributed by atoms with Crippen LogP contribution in [0, 0.1) is 0 Å². The highest BCUT2D eigenvalue weighted by Gasteiger charge is 2.07. The summed E-state index contributed by atoms with van der Waals surface area (Å²) >= 11 is 0. The van der Waals surface area contributed by atoms with Gasteiger partial charge in [-0.3, -0.25) is 0 Å². The molecular weight excluding hydrogens is 243 g/mol. The molecule has 92 valence electrons. The fourth-order valence-corrected chi connectivity index (χ4v) is 2.13. The highest BCUT2D eigenvalue weighted by Crippen LogP contribution is 2.19. The Hall–Kier alpha value is -1.66. The first-order chi connectivity index (χ1) is 8.72. The van der Waals surface area contributed by atoms with Gasteiger partial charge in [0.2, 0.25) is 0 Å². The average molecular weight is 258 g/mol. The Labute approximate surface area is 109 Å². The Balaban J connectivity index is 2.28. The van der Waals surface area contributed by atoms with Crippen LogP contribution in [0.4, 0.5) is 0 Å². The summed E-state index contributed by atoms with van der Waals surface area (Å²) in [7, 11) is 2.72. The van der Waals surface area contributed by atoms with Gasteiger partial charge in [0.15, 0.2) is 0 Å². The van der Waals surface area contributed by atoms with E-state index in [1.165, 1.54) is 0 Å². The first-order valence-corrected chi connectivity index (χ1v) is 6.42. The molecule has 0 saturated carbocycles. The van der Waals surface area contributed by atoms with Crippen LogP contribution < -0.4 is 5.30 Å². The lowest BCUT2D eigenvalue weighted by Crippen LogP contribution is -2.04. The second kappa shape index (κ2) is 5.79. The molecule has 0 bridgehead atoms. The van der Waals surface area contributed by atoms with Gasteiger partial charge in [-0.25, -0.2) is 4.79 Å². The normalized spacial score (nSPS) is 10.1. The first-order valence-electron chi connectivity index (χ1n) is 5.84. The highest BCUT2D eigenvalue weighted by atomic mass is 31.0. The van der Waals surface area contributed by atoms with Crippen LogP contribution >= 0.6 is 9.24 Å². The number of esters is 1. The predicted molar refractivity (Wildman–Crippen MR) is 77.2 cm³/mol. The summed E-state index contributed by atoms with van der Waals surface area (Å²) in [6.07, 6.45) is 0. The third-order valence-electron chi connectivity index (χ3n) is 2.67. The first kappa shape index (κ1) is 12.8. The molecule has 3 heteroatoms. The second-order valence-electron chi connectivity index (χ2n) is 3.89. The maximum atomic E-state index is 11.5. The molecule has 0 N–H and O–H groups in total. The molecule has 0 fully saturated rings. The van der Waals surface area contributed by atoms with E-state index < -0.39 is 0 Å². The number of hydrogen-bond donors (Lipinski definition) is 0. The van der Waals surface area contributed by atoms with E-state index in [-0.39, 0.29) is 5.97 Å². The molecule has 2 aromatic rings. The van der Waals surface area contributed by atoms with E-state index in [0.717, 1.165) is 16.4 Å². The fourth-order valence-electron chi connectivity index (χ4n) is 1.76. The number of rotatable bonds is 3. The summed E-state index contributed by atoms with van der Waals surface area (Å²) in [5.74, 6) is -0.275. The van der Waals surface area contributed by atoms with Crippen molar-refractivity contribution in [2.45, 2.75) is 6.92 Å². The lowest BCUT2D eigenvalue weighted by atomic mass is 10.0. The topological polar surface area (TPSA) is 26.3 Å². The quantitative estimate of drug-likeness (QED) is 0.625. The minimum absolute atomic E-state index is 0.275. The zero-order chi connectivity index (χ0) is 13.0. The second-order valence-corrected chi connectivity index (χ2v) is 4.51. The molecule has 2 nitrogen and oxygen atoms in total. The van der Waals surface area contributed by atoms with Crippen LogP contribution in [0.2, 0.25) is 0 Å². The van der Waals surface area contributed by atoms with Crippen LogP contribution in [0.1, 0.15) is 17.3 Å². The van der Waals surface area contributed by atoms with Gasteiger partial charge in [0, 0.05) is 0 Å². The lowest BCUT2D eigenvalue weighted by molar-refractivity contribution is 0.0526. The van der Waals surface area contributed by atoms with Crippen molar-refractivity contribution < 1.29 is 9.53 Å². The molecule has 0 aliphatic heterocycles. The maximum absolute atomic E-state index is 11.5. The molecule has 18 heavy (non-hydrogen) atoms. The van der Waals surface area contributed by atoms with Crippen molar-refractivity contribution >= 4 is 20.5 Å². The van der Waals surface area contributed by atoms with Crippen LogP contribution in [-0.4, -0.2) is 12.6 Å². The van der Waals surface area contributed by atoms with Crippen molar-refractivity contribution in [2.75, 3.05) is 6.61 Å². The summed E-state index contributed by atoms with van der Waals surface area (Å²) in [5, 5.41) is 1.14. The van der Waals surface area contributed by atoms with Crippen molar-refractivity contribution in [1.29, 1.82) is 0 Å². The minimum Gasteiger partial charge on any atom is -0.462 e. The molecule has 1 atom stereocenters. The predicted octanol–water partition coefficient (Wildman–Crippen LogP) is 3.03. The summed E-state index contributed by atoms with van der Waals surface area (Å²) in [6.45, 7) is 2.20. The maximum Gasteiger partial charge on any atom is 0.338 e. The van der Waals surface area contributed by atoms with Crippen molar-refractivity contribution in [3.8, 4) is 11.1 Å². The Kier molecular flexibility index (Phi) is 4.11. The largest absolute Gasteiger partial charge is 0.462 e. The molecule has 0 aromatic heterocycles. The van der Waals surface area contributed by atoms with E-state index in [1.807, 2.05) is 30.3 Å². The summed E-state index contributed by atoms with van der Waals surface area (Å²) in [5.41, 5.74) is 2.83. The minimum atomic E-state index is -0.275. The summed E-state index contributed by atoms with van der Waals surface area (Å²) in [6, 6.07) is 15.6. The average Bonchev–Trinajstić information content (AvgIpc) is 2.40. The van der Waals surface area contributed by atoms with Gasteiger partial charge in [-0.15, -0.1) is 9.24 Å². The highest BCUT2D eigenvalue weighted by molar-refractivity contribution is 7.28. The van der Waals surface area contributed by atoms with E-state index in [9.17, 15) is 4.79 Å². The van der Waals surface area contributed by atoms with E-state index in [1.54, 1.807) is 19.1 Å². The number of benzene rings is 2. The van der Waals surface area contributed by atoms with Gasteiger partial charge >= 0.3 is 5.97 Å². The Morgan fingerprint density at radius 2 is 1.78 bits per heavy atom. The molecule has 1 unspecified atom stereocenters. The van der Waals surface area contributed by atoms with Gasteiger partial charge in [-0.05, 0) is 35.5 Å². The van der Waals surface area contributed by atoms with Gasteiger partial charge in [0.05, 0.1) is 12.2 Å². The van der Waals surface area contributed by atoms with Gasteiger partial charge in [-0.1, -0.05) is 36.4 Å².